The van der Waals surface area contributed by atoms with Crippen molar-refractivity contribution in [2.45, 2.75) is 26.4 Å². The van der Waals surface area contributed by atoms with E-state index in [4.69, 9.17) is 4.74 Å². The lowest BCUT2D eigenvalue weighted by Crippen LogP contribution is -2.18. The average molecular weight is 403 g/mol. The first-order valence-corrected chi connectivity index (χ1v) is 9.02. The highest BCUT2D eigenvalue weighted by atomic mass is 19.4. The Morgan fingerprint density at radius 1 is 1.14 bits per heavy atom. The van der Waals surface area contributed by atoms with Crippen molar-refractivity contribution in [2.24, 2.45) is 0 Å². The summed E-state index contributed by atoms with van der Waals surface area (Å²) in [4.78, 5) is 12.5. The van der Waals surface area contributed by atoms with E-state index in [0.29, 0.717) is 18.1 Å². The maximum atomic E-state index is 13.4. The molecule has 2 aromatic carbocycles. The first-order chi connectivity index (χ1) is 13.8. The number of amides is 1. The van der Waals surface area contributed by atoms with Gasteiger partial charge in [0.1, 0.15) is 11.6 Å². The molecule has 29 heavy (non-hydrogen) atoms. The lowest BCUT2D eigenvalue weighted by molar-refractivity contribution is -0.137. The normalized spacial score (nSPS) is 11.3. The summed E-state index contributed by atoms with van der Waals surface area (Å²) >= 11 is 0. The molecular weight excluding hydrogens is 383 g/mol. The van der Waals surface area contributed by atoms with Crippen LogP contribution in [0, 0.1) is 6.92 Å². The molecule has 0 aliphatic carbocycles. The number of aryl methyl sites for hydroxylation is 1. The van der Waals surface area contributed by atoms with Gasteiger partial charge >= 0.3 is 6.18 Å². The van der Waals surface area contributed by atoms with Gasteiger partial charge in [-0.05, 0) is 43.7 Å². The maximum absolute atomic E-state index is 13.4. The summed E-state index contributed by atoms with van der Waals surface area (Å²) in [6, 6.07) is 13.7. The van der Waals surface area contributed by atoms with Gasteiger partial charge in [-0.15, -0.1) is 0 Å². The number of halogens is 3. The monoisotopic (exact) mass is 403 g/mol. The Morgan fingerprint density at radius 2 is 1.83 bits per heavy atom. The molecule has 0 fully saturated rings. The summed E-state index contributed by atoms with van der Waals surface area (Å²) in [6.07, 6.45) is -4.47. The summed E-state index contributed by atoms with van der Waals surface area (Å²) < 4.78 is 46.6. The fraction of sp³-hybridized carbons (Fsp3) is 0.238. The number of ether oxygens (including phenoxy) is 1. The molecule has 1 N–H and O–H groups in total. The standard InChI is InChI=1S/C21H20F3N3O2/c1-3-29-16-10-8-15(9-11-16)13-20(28)25-19-12-14(2)26-27(19)18-7-5-4-6-17(18)21(22,23)24/h4-12H,3,13H2,1-2H3,(H,25,28). The van der Waals surface area contributed by atoms with Crippen molar-refractivity contribution in [3.05, 3.63) is 71.4 Å². The van der Waals surface area contributed by atoms with Crippen LogP contribution in [0.2, 0.25) is 0 Å². The first-order valence-electron chi connectivity index (χ1n) is 9.02. The van der Waals surface area contributed by atoms with E-state index >= 15 is 0 Å². The van der Waals surface area contributed by atoms with Crippen LogP contribution in [0.3, 0.4) is 0 Å². The van der Waals surface area contributed by atoms with Gasteiger partial charge in [-0.25, -0.2) is 4.68 Å². The molecule has 1 heterocycles. The Kier molecular flexibility index (Phi) is 5.91. The van der Waals surface area contributed by atoms with Crippen LogP contribution in [-0.4, -0.2) is 22.3 Å². The van der Waals surface area contributed by atoms with Crippen molar-refractivity contribution < 1.29 is 22.7 Å². The van der Waals surface area contributed by atoms with Crippen molar-refractivity contribution >= 4 is 11.7 Å². The number of anilines is 1. The molecule has 8 heteroatoms. The second kappa shape index (κ2) is 8.38. The number of benzene rings is 2. The molecule has 0 atom stereocenters. The van der Waals surface area contributed by atoms with E-state index in [1.807, 2.05) is 6.92 Å². The third-order valence-corrected chi connectivity index (χ3v) is 4.14. The van der Waals surface area contributed by atoms with Crippen molar-refractivity contribution in [3.8, 4) is 11.4 Å². The minimum absolute atomic E-state index is 0.0670. The van der Waals surface area contributed by atoms with Crippen LogP contribution in [-0.2, 0) is 17.4 Å². The second-order valence-corrected chi connectivity index (χ2v) is 6.40. The zero-order valence-corrected chi connectivity index (χ0v) is 16.0. The molecule has 3 aromatic rings. The molecular formula is C21H20F3N3O2. The van der Waals surface area contributed by atoms with Crippen LogP contribution < -0.4 is 10.1 Å². The number of carbonyl (C=O) groups is 1. The third-order valence-electron chi connectivity index (χ3n) is 4.14. The molecule has 0 unspecified atom stereocenters. The number of para-hydroxylation sites is 1. The zero-order chi connectivity index (χ0) is 21.0. The van der Waals surface area contributed by atoms with Crippen molar-refractivity contribution in [1.29, 1.82) is 0 Å². The Balaban J connectivity index is 1.82. The average Bonchev–Trinajstić information content (AvgIpc) is 3.02. The van der Waals surface area contributed by atoms with Gasteiger partial charge in [0.25, 0.3) is 0 Å². The molecule has 0 aliphatic heterocycles. The predicted molar refractivity (Wildman–Crippen MR) is 103 cm³/mol. The number of hydrogen-bond donors (Lipinski definition) is 1. The molecule has 0 saturated heterocycles. The SMILES string of the molecule is CCOc1ccc(CC(=O)Nc2cc(C)nn2-c2ccccc2C(F)(F)F)cc1. The van der Waals surface area contributed by atoms with E-state index in [0.717, 1.165) is 16.3 Å². The number of hydrogen-bond acceptors (Lipinski definition) is 3. The minimum Gasteiger partial charge on any atom is -0.494 e. The zero-order valence-electron chi connectivity index (χ0n) is 16.0. The highest BCUT2D eigenvalue weighted by Crippen LogP contribution is 2.34. The number of alkyl halides is 3. The van der Waals surface area contributed by atoms with Crippen LogP contribution >= 0.6 is 0 Å². The van der Waals surface area contributed by atoms with Gasteiger partial charge in [0.2, 0.25) is 5.91 Å². The van der Waals surface area contributed by atoms with Crippen LogP contribution in [0.15, 0.2) is 54.6 Å². The van der Waals surface area contributed by atoms with Crippen LogP contribution in [0.4, 0.5) is 19.0 Å². The van der Waals surface area contributed by atoms with E-state index < -0.39 is 11.7 Å². The van der Waals surface area contributed by atoms with Gasteiger partial charge in [-0.2, -0.15) is 18.3 Å². The Labute approximate surface area is 166 Å². The highest BCUT2D eigenvalue weighted by molar-refractivity contribution is 5.91. The van der Waals surface area contributed by atoms with Gasteiger partial charge in [-0.3, -0.25) is 4.79 Å². The highest BCUT2D eigenvalue weighted by Gasteiger charge is 2.34. The lowest BCUT2D eigenvalue weighted by atomic mass is 10.1. The van der Waals surface area contributed by atoms with Crippen molar-refractivity contribution in [1.82, 2.24) is 9.78 Å². The van der Waals surface area contributed by atoms with Gasteiger partial charge in [0.05, 0.1) is 30.0 Å². The maximum Gasteiger partial charge on any atom is 0.418 e. The third kappa shape index (κ3) is 4.96. The van der Waals surface area contributed by atoms with Gasteiger partial charge in [-0.1, -0.05) is 24.3 Å². The number of nitrogens with zero attached hydrogens (tertiary/aromatic N) is 2. The number of rotatable bonds is 6. The Hall–Kier alpha value is -3.29. The number of aromatic nitrogens is 2. The lowest BCUT2D eigenvalue weighted by Gasteiger charge is -2.15. The predicted octanol–water partition coefficient (Wildman–Crippen LogP) is 4.78. The molecule has 3 rings (SSSR count). The fourth-order valence-corrected chi connectivity index (χ4v) is 2.91. The van der Waals surface area contributed by atoms with E-state index in [-0.39, 0.29) is 23.8 Å². The first kappa shape index (κ1) is 20.4. The number of carbonyl (C=O) groups excluding carboxylic acids is 1. The fourth-order valence-electron chi connectivity index (χ4n) is 2.91. The van der Waals surface area contributed by atoms with Gasteiger partial charge in [0.15, 0.2) is 0 Å². The Bertz CT molecular complexity index is 995. The Morgan fingerprint density at radius 3 is 2.48 bits per heavy atom. The summed E-state index contributed by atoms with van der Waals surface area (Å²) in [5.41, 5.74) is 0.261. The quantitative estimate of drug-likeness (QED) is 0.645. The van der Waals surface area contributed by atoms with E-state index in [1.165, 1.54) is 24.3 Å². The molecule has 0 bridgehead atoms. The van der Waals surface area contributed by atoms with Gasteiger partial charge < -0.3 is 10.1 Å². The van der Waals surface area contributed by atoms with Crippen LogP contribution in [0.5, 0.6) is 5.75 Å². The summed E-state index contributed by atoms with van der Waals surface area (Å²) in [7, 11) is 0. The second-order valence-electron chi connectivity index (χ2n) is 6.40. The molecule has 0 saturated carbocycles. The van der Waals surface area contributed by atoms with Crippen molar-refractivity contribution in [3.63, 3.8) is 0 Å². The molecule has 1 amide bonds. The summed E-state index contributed by atoms with van der Waals surface area (Å²) in [5, 5.41) is 6.79. The molecule has 152 valence electrons. The van der Waals surface area contributed by atoms with Crippen LogP contribution in [0.25, 0.3) is 5.69 Å². The van der Waals surface area contributed by atoms with Crippen molar-refractivity contribution in [2.75, 3.05) is 11.9 Å². The summed E-state index contributed by atoms with van der Waals surface area (Å²) in [6.45, 7) is 4.07. The molecule has 0 spiro atoms. The van der Waals surface area contributed by atoms with E-state index in [9.17, 15) is 18.0 Å². The molecule has 5 nitrogen and oxygen atoms in total. The van der Waals surface area contributed by atoms with E-state index in [2.05, 4.69) is 10.4 Å². The molecule has 0 radical (unpaired) electrons. The number of nitrogens with one attached hydrogen (secondary N) is 1. The molecule has 0 aliphatic rings. The minimum atomic E-state index is -4.54. The van der Waals surface area contributed by atoms with Crippen LogP contribution in [0.1, 0.15) is 23.7 Å². The van der Waals surface area contributed by atoms with E-state index in [1.54, 1.807) is 31.2 Å². The topological polar surface area (TPSA) is 56.1 Å². The largest absolute Gasteiger partial charge is 0.494 e. The van der Waals surface area contributed by atoms with Gasteiger partial charge in [0, 0.05) is 6.07 Å². The smallest absolute Gasteiger partial charge is 0.418 e. The summed E-state index contributed by atoms with van der Waals surface area (Å²) in [5.74, 6) is 0.518. The molecule has 1 aromatic heterocycles.